The highest BCUT2D eigenvalue weighted by Crippen LogP contribution is 2.39. The Bertz CT molecular complexity index is 93.9. The summed E-state index contributed by atoms with van der Waals surface area (Å²) in [5.74, 6) is 0. The van der Waals surface area contributed by atoms with Gasteiger partial charge in [0.2, 0.25) is 0 Å². The summed E-state index contributed by atoms with van der Waals surface area (Å²) in [6.07, 6.45) is 0. The Morgan fingerprint density at radius 3 is 0.917 bits per heavy atom. The smallest absolute Gasteiger partial charge is 0.344 e. The standard InChI is InChI=1S/3C2H4.H3N.H3O3PS/c3*1-2;;1-4(2,3)5/h3*1-2H2;1H3;(H3,1,2,3,5). The van der Waals surface area contributed by atoms with Crippen LogP contribution in [0, 0.1) is 0 Å². The van der Waals surface area contributed by atoms with Gasteiger partial charge in [-0.05, 0) is 0 Å². The maximum absolute atomic E-state index is 9.19. The molecule has 0 saturated carbocycles. The van der Waals surface area contributed by atoms with Crippen LogP contribution in [0.4, 0.5) is 0 Å². The quantitative estimate of drug-likeness (QED) is 0.284. The van der Waals surface area contributed by atoms with Gasteiger partial charge in [-0.15, -0.1) is 39.5 Å². The first-order valence-corrected chi connectivity index (χ1v) is 5.05. The van der Waals surface area contributed by atoms with E-state index in [4.69, 9.17) is 9.79 Å². The van der Waals surface area contributed by atoms with Crippen molar-refractivity contribution in [1.82, 2.24) is 6.15 Å². The molecule has 0 unspecified atom stereocenters. The van der Waals surface area contributed by atoms with E-state index in [2.05, 4.69) is 51.7 Å². The molecule has 0 aromatic rings. The monoisotopic (exact) mass is 215 g/mol. The first kappa shape index (κ1) is 29.9. The number of hydrogen-bond donors (Lipinski definition) is 4. The lowest BCUT2D eigenvalue weighted by Crippen LogP contribution is -1.54. The van der Waals surface area contributed by atoms with Crippen molar-refractivity contribution in [3.8, 4) is 0 Å². The fourth-order valence-electron chi connectivity index (χ4n) is 0. The molecule has 0 aliphatic rings. The van der Waals surface area contributed by atoms with Crippen molar-refractivity contribution in [2.45, 2.75) is 0 Å². The van der Waals surface area contributed by atoms with Gasteiger partial charge in [0.15, 0.2) is 0 Å². The van der Waals surface area contributed by atoms with Crippen LogP contribution in [0.3, 0.4) is 0 Å². The molecule has 76 valence electrons. The van der Waals surface area contributed by atoms with Gasteiger partial charge in [0.25, 0.3) is 0 Å². The largest absolute Gasteiger partial charge is 0.380 e. The second kappa shape index (κ2) is 31.0. The van der Waals surface area contributed by atoms with E-state index in [9.17, 15) is 4.57 Å². The van der Waals surface area contributed by atoms with E-state index in [1.807, 2.05) is 0 Å². The van der Waals surface area contributed by atoms with Gasteiger partial charge in [-0.1, -0.05) is 12.2 Å². The van der Waals surface area contributed by atoms with Gasteiger partial charge >= 0.3 is 6.80 Å². The zero-order valence-electron chi connectivity index (χ0n) is 7.15. The Morgan fingerprint density at radius 1 is 0.917 bits per heavy atom. The average molecular weight is 215 g/mol. The van der Waals surface area contributed by atoms with Crippen molar-refractivity contribution in [3.05, 3.63) is 39.5 Å². The zero-order valence-corrected chi connectivity index (χ0v) is 8.94. The Hall–Kier alpha value is -0.320. The lowest BCUT2D eigenvalue weighted by atomic mass is 11.3. The molecule has 0 amide bonds. The van der Waals surface area contributed by atoms with Crippen LogP contribution in [0.15, 0.2) is 39.5 Å². The van der Waals surface area contributed by atoms with Gasteiger partial charge in [-0.2, -0.15) is 0 Å². The second-order valence-electron chi connectivity index (χ2n) is 0.513. The zero-order chi connectivity index (χ0) is 10.5. The first-order valence-electron chi connectivity index (χ1n) is 2.28. The fourth-order valence-corrected chi connectivity index (χ4v) is 0. The van der Waals surface area contributed by atoms with Gasteiger partial charge in [-0.25, -0.2) is 4.57 Å². The molecule has 0 aliphatic carbocycles. The van der Waals surface area contributed by atoms with E-state index in [-0.39, 0.29) is 6.15 Å². The number of rotatable bonds is 0. The normalized spacial score (nSPS) is 5.92. The predicted molar refractivity (Wildman–Crippen MR) is 59.8 cm³/mol. The van der Waals surface area contributed by atoms with Crippen LogP contribution in [0.2, 0.25) is 0 Å². The van der Waals surface area contributed by atoms with Crippen LogP contribution in [0.1, 0.15) is 0 Å². The fraction of sp³-hybridized carbons (Fsp3) is 0. The Labute approximate surface area is 79.6 Å². The lowest BCUT2D eigenvalue weighted by molar-refractivity contribution is 0.397. The molecule has 6 heteroatoms. The molecule has 0 aromatic carbocycles. The molecule has 0 aromatic heterocycles. The summed E-state index contributed by atoms with van der Waals surface area (Å²) in [6, 6.07) is 0. The van der Waals surface area contributed by atoms with Crippen LogP contribution in [0.5, 0.6) is 0 Å². The van der Waals surface area contributed by atoms with Gasteiger partial charge in [0, 0.05) is 0 Å². The Kier molecular flexibility index (Phi) is 77.2. The van der Waals surface area contributed by atoms with Crippen LogP contribution < -0.4 is 6.15 Å². The SMILES string of the molecule is C=C.C=C.C=C.N.O=P(O)(O)S. The maximum Gasteiger partial charge on any atom is 0.380 e. The molecule has 4 nitrogen and oxygen atoms in total. The molecular weight excluding hydrogens is 197 g/mol. The maximum atomic E-state index is 9.19. The minimum Gasteiger partial charge on any atom is -0.344 e. The van der Waals surface area contributed by atoms with E-state index in [1.165, 1.54) is 0 Å². The summed E-state index contributed by atoms with van der Waals surface area (Å²) in [5.41, 5.74) is 0. The summed E-state index contributed by atoms with van der Waals surface area (Å²) in [5, 5.41) is 0. The summed E-state index contributed by atoms with van der Waals surface area (Å²) >= 11 is 2.79. The van der Waals surface area contributed by atoms with Crippen molar-refractivity contribution in [3.63, 3.8) is 0 Å². The topological polar surface area (TPSA) is 92.5 Å². The molecule has 0 bridgehead atoms. The minimum absolute atomic E-state index is 0. The lowest BCUT2D eigenvalue weighted by Gasteiger charge is -1.82. The van der Waals surface area contributed by atoms with Crippen molar-refractivity contribution in [1.29, 1.82) is 0 Å². The minimum atomic E-state index is -3.94. The third kappa shape index (κ3) is 7120. The predicted octanol–water partition coefficient (Wildman–Crippen LogP) is 2.58. The molecule has 0 heterocycles. The molecule has 0 saturated heterocycles. The number of thiol groups is 1. The van der Waals surface area contributed by atoms with Gasteiger partial charge < -0.3 is 15.9 Å². The molecular formula is C6H18NO3PS. The van der Waals surface area contributed by atoms with E-state index in [1.54, 1.807) is 0 Å². The second-order valence-corrected chi connectivity index (χ2v) is 3.10. The van der Waals surface area contributed by atoms with E-state index >= 15 is 0 Å². The highest BCUT2D eigenvalue weighted by molar-refractivity contribution is 8.43. The Morgan fingerprint density at radius 2 is 0.917 bits per heavy atom. The van der Waals surface area contributed by atoms with Crippen molar-refractivity contribution in [2.24, 2.45) is 0 Å². The molecule has 0 rings (SSSR count). The third-order valence-corrected chi connectivity index (χ3v) is 0. The highest BCUT2D eigenvalue weighted by atomic mass is 32.7. The third-order valence-electron chi connectivity index (χ3n) is 0. The molecule has 5 N–H and O–H groups in total. The van der Waals surface area contributed by atoms with Crippen LogP contribution >= 0.6 is 19.0 Å². The number of hydrogen-bond acceptors (Lipinski definition) is 2. The van der Waals surface area contributed by atoms with E-state index in [0.717, 1.165) is 0 Å². The van der Waals surface area contributed by atoms with Gasteiger partial charge in [0.1, 0.15) is 0 Å². The molecule has 0 spiro atoms. The Balaban J connectivity index is -0.0000000203. The summed E-state index contributed by atoms with van der Waals surface area (Å²) in [4.78, 5) is 15.0. The molecule has 0 aliphatic heterocycles. The van der Waals surface area contributed by atoms with Crippen molar-refractivity contribution >= 4 is 19.0 Å². The van der Waals surface area contributed by atoms with E-state index < -0.39 is 6.80 Å². The van der Waals surface area contributed by atoms with Gasteiger partial charge in [-0.3, -0.25) is 0 Å². The van der Waals surface area contributed by atoms with Crippen LogP contribution in [-0.2, 0) is 4.57 Å². The molecule has 0 fully saturated rings. The summed E-state index contributed by atoms with van der Waals surface area (Å²) in [7, 11) is 0. The molecule has 0 radical (unpaired) electrons. The molecule has 0 atom stereocenters. The molecule has 12 heavy (non-hydrogen) atoms. The van der Waals surface area contributed by atoms with Crippen LogP contribution in [0.25, 0.3) is 0 Å². The summed E-state index contributed by atoms with van der Waals surface area (Å²) < 4.78 is 9.19. The van der Waals surface area contributed by atoms with Crippen LogP contribution in [-0.4, -0.2) is 9.79 Å². The van der Waals surface area contributed by atoms with Crippen molar-refractivity contribution in [2.75, 3.05) is 0 Å². The summed E-state index contributed by atoms with van der Waals surface area (Å²) in [6.45, 7) is 14.1. The first-order chi connectivity index (χ1) is 5.00. The van der Waals surface area contributed by atoms with Gasteiger partial charge in [0.05, 0.1) is 0 Å². The average Bonchev–Trinajstić information content (AvgIpc) is 1.96. The van der Waals surface area contributed by atoms with E-state index in [0.29, 0.717) is 0 Å². The highest BCUT2D eigenvalue weighted by Gasteiger charge is 1.97. The van der Waals surface area contributed by atoms with Crippen molar-refractivity contribution < 1.29 is 14.4 Å².